The maximum atomic E-state index is 11.6. The van der Waals surface area contributed by atoms with Gasteiger partial charge in [0.2, 0.25) is 5.91 Å². The van der Waals surface area contributed by atoms with Crippen molar-refractivity contribution in [2.75, 3.05) is 7.05 Å². The van der Waals surface area contributed by atoms with Gasteiger partial charge in [0.1, 0.15) is 17.4 Å². The van der Waals surface area contributed by atoms with Crippen LogP contribution in [-0.2, 0) is 10.2 Å². The molecule has 4 nitrogen and oxygen atoms in total. The molecule has 2 atom stereocenters. The van der Waals surface area contributed by atoms with E-state index in [0.29, 0.717) is 6.42 Å². The first-order valence-corrected chi connectivity index (χ1v) is 7.53. The van der Waals surface area contributed by atoms with Crippen LogP contribution < -0.4 is 15.8 Å². The SMILES string of the molecule is CNC1(C(N)=O)CCC(Oc2ccc(C(C)(C)C)cc2)C1. The number of ether oxygens (including phenoxy) is 1. The summed E-state index contributed by atoms with van der Waals surface area (Å²) in [6.45, 7) is 6.57. The molecular weight excluding hydrogens is 264 g/mol. The lowest BCUT2D eigenvalue weighted by Gasteiger charge is -2.25. The van der Waals surface area contributed by atoms with Crippen LogP contribution in [-0.4, -0.2) is 24.6 Å². The first kappa shape index (κ1) is 15.8. The van der Waals surface area contributed by atoms with Crippen LogP contribution in [0.3, 0.4) is 0 Å². The van der Waals surface area contributed by atoms with Crippen molar-refractivity contribution in [1.82, 2.24) is 5.32 Å². The molecular formula is C17H26N2O2. The Morgan fingerprint density at radius 3 is 2.38 bits per heavy atom. The number of carbonyl (C=O) groups excluding carboxylic acids is 1. The van der Waals surface area contributed by atoms with E-state index in [1.54, 1.807) is 7.05 Å². The molecule has 1 fully saturated rings. The molecule has 2 unspecified atom stereocenters. The fraction of sp³-hybridized carbons (Fsp3) is 0.588. The molecule has 1 aromatic carbocycles. The predicted molar refractivity (Wildman–Crippen MR) is 84.4 cm³/mol. The molecule has 1 aliphatic carbocycles. The van der Waals surface area contributed by atoms with Crippen LogP contribution in [0.2, 0.25) is 0 Å². The van der Waals surface area contributed by atoms with Crippen molar-refractivity contribution < 1.29 is 9.53 Å². The van der Waals surface area contributed by atoms with Gasteiger partial charge in [-0.05, 0) is 43.0 Å². The summed E-state index contributed by atoms with van der Waals surface area (Å²) < 4.78 is 6.00. The topological polar surface area (TPSA) is 64.3 Å². The number of hydrogen-bond donors (Lipinski definition) is 2. The summed E-state index contributed by atoms with van der Waals surface area (Å²) in [6.07, 6.45) is 2.22. The number of benzene rings is 1. The maximum absolute atomic E-state index is 11.6. The van der Waals surface area contributed by atoms with Gasteiger partial charge in [-0.25, -0.2) is 0 Å². The zero-order valence-electron chi connectivity index (χ0n) is 13.4. The van der Waals surface area contributed by atoms with Crippen molar-refractivity contribution in [2.24, 2.45) is 5.73 Å². The normalized spacial score (nSPS) is 25.8. The van der Waals surface area contributed by atoms with Crippen molar-refractivity contribution in [3.8, 4) is 5.75 Å². The second-order valence-electron chi connectivity index (χ2n) is 6.95. The highest BCUT2D eigenvalue weighted by molar-refractivity contribution is 5.85. The van der Waals surface area contributed by atoms with E-state index in [4.69, 9.17) is 10.5 Å². The zero-order chi connectivity index (χ0) is 15.7. The van der Waals surface area contributed by atoms with E-state index in [1.807, 2.05) is 12.1 Å². The highest BCUT2D eigenvalue weighted by Gasteiger charge is 2.43. The first-order valence-electron chi connectivity index (χ1n) is 7.53. The quantitative estimate of drug-likeness (QED) is 0.894. The van der Waals surface area contributed by atoms with E-state index in [0.717, 1.165) is 18.6 Å². The van der Waals surface area contributed by atoms with Crippen LogP contribution in [0.25, 0.3) is 0 Å². The van der Waals surface area contributed by atoms with Gasteiger partial charge in [-0.3, -0.25) is 4.79 Å². The summed E-state index contributed by atoms with van der Waals surface area (Å²) in [5.41, 5.74) is 6.31. The lowest BCUT2D eigenvalue weighted by Crippen LogP contribution is -2.52. The fourth-order valence-corrected chi connectivity index (χ4v) is 2.90. The minimum Gasteiger partial charge on any atom is -0.490 e. The molecule has 3 N–H and O–H groups in total. The Labute approximate surface area is 127 Å². The maximum Gasteiger partial charge on any atom is 0.237 e. The molecule has 0 aromatic heterocycles. The minimum atomic E-state index is -0.615. The highest BCUT2D eigenvalue weighted by atomic mass is 16.5. The second-order valence-corrected chi connectivity index (χ2v) is 6.95. The van der Waals surface area contributed by atoms with E-state index >= 15 is 0 Å². The van der Waals surface area contributed by atoms with Crippen molar-refractivity contribution >= 4 is 5.91 Å². The average Bonchev–Trinajstić information content (AvgIpc) is 2.83. The van der Waals surface area contributed by atoms with Gasteiger partial charge < -0.3 is 15.8 Å². The Kier molecular flexibility index (Phi) is 4.28. The molecule has 0 aliphatic heterocycles. The molecule has 0 bridgehead atoms. The molecule has 1 aromatic rings. The Balaban J connectivity index is 2.02. The van der Waals surface area contributed by atoms with Gasteiger partial charge in [0, 0.05) is 6.42 Å². The minimum absolute atomic E-state index is 0.0328. The van der Waals surface area contributed by atoms with E-state index in [-0.39, 0.29) is 17.4 Å². The number of amides is 1. The Morgan fingerprint density at radius 2 is 1.95 bits per heavy atom. The lowest BCUT2D eigenvalue weighted by molar-refractivity contribution is -0.124. The molecule has 2 rings (SSSR count). The molecule has 0 heterocycles. The molecule has 1 aliphatic rings. The van der Waals surface area contributed by atoms with Gasteiger partial charge in [0.15, 0.2) is 0 Å². The number of nitrogens with two attached hydrogens (primary N) is 1. The first-order chi connectivity index (χ1) is 9.77. The number of nitrogens with one attached hydrogen (secondary N) is 1. The van der Waals surface area contributed by atoms with Gasteiger partial charge in [-0.15, -0.1) is 0 Å². The predicted octanol–water partition coefficient (Wildman–Crippen LogP) is 2.36. The van der Waals surface area contributed by atoms with E-state index < -0.39 is 5.54 Å². The smallest absolute Gasteiger partial charge is 0.237 e. The summed E-state index contributed by atoms with van der Waals surface area (Å²) in [7, 11) is 1.78. The van der Waals surface area contributed by atoms with E-state index in [2.05, 4.69) is 38.2 Å². The number of primary amides is 1. The van der Waals surface area contributed by atoms with Gasteiger partial charge in [0.25, 0.3) is 0 Å². The molecule has 116 valence electrons. The molecule has 0 spiro atoms. The lowest BCUT2D eigenvalue weighted by atomic mass is 9.87. The monoisotopic (exact) mass is 290 g/mol. The summed E-state index contributed by atoms with van der Waals surface area (Å²) >= 11 is 0. The highest BCUT2D eigenvalue weighted by Crippen LogP contribution is 2.33. The summed E-state index contributed by atoms with van der Waals surface area (Å²) in [5.74, 6) is 0.559. The van der Waals surface area contributed by atoms with Crippen LogP contribution in [0, 0.1) is 0 Å². The van der Waals surface area contributed by atoms with Crippen LogP contribution >= 0.6 is 0 Å². The Hall–Kier alpha value is -1.55. The van der Waals surface area contributed by atoms with Crippen LogP contribution in [0.4, 0.5) is 0 Å². The summed E-state index contributed by atoms with van der Waals surface area (Å²) in [5, 5.41) is 3.07. The Bertz CT molecular complexity index is 505. The standard InChI is InChI=1S/C17H26N2O2/c1-16(2,3)12-5-7-13(8-6-12)21-14-9-10-17(11-14,19-4)15(18)20/h5-8,14,19H,9-11H2,1-4H3,(H2,18,20). The van der Waals surface area contributed by atoms with E-state index in [9.17, 15) is 4.79 Å². The van der Waals surface area contributed by atoms with Gasteiger partial charge in [-0.1, -0.05) is 32.9 Å². The molecule has 0 radical (unpaired) electrons. The Morgan fingerprint density at radius 1 is 1.33 bits per heavy atom. The second kappa shape index (κ2) is 5.68. The van der Waals surface area contributed by atoms with Crippen LogP contribution in [0.5, 0.6) is 5.75 Å². The van der Waals surface area contributed by atoms with Crippen LogP contribution in [0.1, 0.15) is 45.6 Å². The van der Waals surface area contributed by atoms with Crippen LogP contribution in [0.15, 0.2) is 24.3 Å². The van der Waals surface area contributed by atoms with Gasteiger partial charge in [-0.2, -0.15) is 0 Å². The molecule has 1 saturated carbocycles. The fourth-order valence-electron chi connectivity index (χ4n) is 2.90. The zero-order valence-corrected chi connectivity index (χ0v) is 13.4. The van der Waals surface area contributed by atoms with Gasteiger partial charge >= 0.3 is 0 Å². The largest absolute Gasteiger partial charge is 0.490 e. The molecule has 21 heavy (non-hydrogen) atoms. The molecule has 4 heteroatoms. The third-order valence-corrected chi connectivity index (χ3v) is 4.44. The molecule has 1 amide bonds. The third kappa shape index (κ3) is 3.38. The number of carbonyl (C=O) groups is 1. The third-order valence-electron chi connectivity index (χ3n) is 4.44. The van der Waals surface area contributed by atoms with E-state index in [1.165, 1.54) is 5.56 Å². The average molecular weight is 290 g/mol. The number of rotatable bonds is 4. The summed E-state index contributed by atoms with van der Waals surface area (Å²) in [6, 6.07) is 8.21. The van der Waals surface area contributed by atoms with Gasteiger partial charge in [0.05, 0.1) is 0 Å². The van der Waals surface area contributed by atoms with Crippen molar-refractivity contribution in [2.45, 2.75) is 57.1 Å². The number of likely N-dealkylation sites (N-methyl/N-ethyl adjacent to an activating group) is 1. The van der Waals surface area contributed by atoms with Crippen molar-refractivity contribution in [1.29, 1.82) is 0 Å². The molecule has 0 saturated heterocycles. The summed E-state index contributed by atoms with van der Waals surface area (Å²) in [4.78, 5) is 11.6. The number of hydrogen-bond acceptors (Lipinski definition) is 3. The van der Waals surface area contributed by atoms with Crippen molar-refractivity contribution in [3.05, 3.63) is 29.8 Å². The van der Waals surface area contributed by atoms with Crippen molar-refractivity contribution in [3.63, 3.8) is 0 Å².